The van der Waals surface area contributed by atoms with Crippen LogP contribution in [0.4, 0.5) is 33.3 Å². The van der Waals surface area contributed by atoms with Gasteiger partial charge in [-0.15, -0.1) is 0 Å². The summed E-state index contributed by atoms with van der Waals surface area (Å²) < 4.78 is 64.9. The molecule has 2 aromatic rings. The highest BCUT2D eigenvalue weighted by Crippen LogP contribution is 2.34. The molecule has 0 fully saturated rings. The fourth-order valence-corrected chi connectivity index (χ4v) is 2.69. The highest BCUT2D eigenvalue weighted by molar-refractivity contribution is 5.88. The van der Waals surface area contributed by atoms with Gasteiger partial charge in [-0.2, -0.15) is 13.2 Å². The van der Waals surface area contributed by atoms with Crippen LogP contribution >= 0.6 is 0 Å². The molecule has 32 heavy (non-hydrogen) atoms. The van der Waals surface area contributed by atoms with Crippen LogP contribution in [-0.4, -0.2) is 30.3 Å². The number of carbonyl (C=O) groups excluding carboxylic acids is 2. The molecule has 0 radical (unpaired) electrons. The number of carbonyl (C=O) groups is 2. The minimum atomic E-state index is -4.77. The monoisotopic (exact) mass is 460 g/mol. The van der Waals surface area contributed by atoms with Crippen molar-refractivity contribution in [2.75, 3.05) is 18.9 Å². The summed E-state index contributed by atoms with van der Waals surface area (Å²) in [5.41, 5.74) is -2.29. The fourth-order valence-electron chi connectivity index (χ4n) is 2.69. The van der Waals surface area contributed by atoms with Crippen molar-refractivity contribution in [2.45, 2.75) is 18.6 Å². The van der Waals surface area contributed by atoms with Crippen LogP contribution in [0.2, 0.25) is 0 Å². The van der Waals surface area contributed by atoms with Crippen LogP contribution < -0.4 is 16.0 Å². The average Bonchev–Trinajstić information content (AvgIpc) is 2.72. The molecule has 1 atom stereocenters. The lowest BCUT2D eigenvalue weighted by atomic mass is 10.1. The second kappa shape index (κ2) is 10.0. The zero-order chi connectivity index (χ0) is 24.1. The zero-order valence-corrected chi connectivity index (χ0v) is 16.4. The Balaban J connectivity index is 2.07. The van der Waals surface area contributed by atoms with Crippen LogP contribution in [0.15, 0.2) is 36.4 Å². The first-order valence-corrected chi connectivity index (χ1v) is 8.99. The molecule has 172 valence electrons. The summed E-state index contributed by atoms with van der Waals surface area (Å²) >= 11 is 0. The molecule has 3 N–H and O–H groups in total. The van der Waals surface area contributed by atoms with Gasteiger partial charge in [0.05, 0.1) is 10.5 Å². The number of amides is 2. The van der Waals surface area contributed by atoms with Gasteiger partial charge < -0.3 is 16.0 Å². The lowest BCUT2D eigenvalue weighted by molar-refractivity contribution is -0.384. The third kappa shape index (κ3) is 6.12. The molecule has 0 bridgehead atoms. The molecule has 0 aliphatic heterocycles. The molecule has 0 aliphatic carbocycles. The molecule has 1 unspecified atom stereocenters. The van der Waals surface area contributed by atoms with E-state index < -0.39 is 51.8 Å². The Bertz CT molecular complexity index is 1030. The predicted molar refractivity (Wildman–Crippen MR) is 103 cm³/mol. The van der Waals surface area contributed by atoms with Crippen molar-refractivity contribution in [2.24, 2.45) is 0 Å². The molecule has 2 rings (SSSR count). The van der Waals surface area contributed by atoms with E-state index in [1.807, 2.05) is 0 Å². The van der Waals surface area contributed by atoms with Gasteiger partial charge >= 0.3 is 6.18 Å². The molecule has 2 aromatic carbocycles. The van der Waals surface area contributed by atoms with Gasteiger partial charge in [-0.3, -0.25) is 19.7 Å². The topological polar surface area (TPSA) is 113 Å². The van der Waals surface area contributed by atoms with Gasteiger partial charge in [-0.25, -0.2) is 8.78 Å². The maximum atomic E-state index is 13.5. The summed E-state index contributed by atoms with van der Waals surface area (Å²) in [6, 6.07) is 3.20. The van der Waals surface area contributed by atoms with Crippen LogP contribution in [0.5, 0.6) is 0 Å². The predicted octanol–water partition coefficient (Wildman–Crippen LogP) is 3.30. The van der Waals surface area contributed by atoms with Gasteiger partial charge in [-0.1, -0.05) is 6.07 Å². The summed E-state index contributed by atoms with van der Waals surface area (Å²) in [6.45, 7) is -0.226. The Morgan fingerprint density at radius 2 is 1.78 bits per heavy atom. The normalized spacial score (nSPS) is 12.1. The number of nitro groups is 1. The molecular weight excluding hydrogens is 443 g/mol. The summed E-state index contributed by atoms with van der Waals surface area (Å²) in [4.78, 5) is 34.3. The lowest BCUT2D eigenvalue weighted by Gasteiger charge is -2.18. The van der Waals surface area contributed by atoms with Crippen molar-refractivity contribution < 1.29 is 36.5 Å². The molecule has 0 aromatic heterocycles. The van der Waals surface area contributed by atoms with E-state index in [1.54, 1.807) is 0 Å². The van der Waals surface area contributed by atoms with Crippen LogP contribution in [0, 0.1) is 21.7 Å². The van der Waals surface area contributed by atoms with E-state index in [-0.39, 0.29) is 24.2 Å². The summed E-state index contributed by atoms with van der Waals surface area (Å²) in [5, 5.41) is 18.2. The number of nitrogens with zero attached hydrogens (tertiary/aromatic N) is 1. The van der Waals surface area contributed by atoms with E-state index in [0.717, 1.165) is 24.3 Å². The van der Waals surface area contributed by atoms with Crippen molar-refractivity contribution in [3.8, 4) is 0 Å². The molecule has 0 heterocycles. The fraction of sp³-hybridized carbons (Fsp3) is 0.263. The number of benzene rings is 2. The number of nitrogens with one attached hydrogen (secondary N) is 3. The van der Waals surface area contributed by atoms with Gasteiger partial charge in [0.15, 0.2) is 11.6 Å². The average molecular weight is 460 g/mol. The first-order valence-electron chi connectivity index (χ1n) is 8.99. The van der Waals surface area contributed by atoms with Crippen molar-refractivity contribution >= 4 is 23.2 Å². The molecular formula is C19H17F5N4O4. The van der Waals surface area contributed by atoms with Crippen molar-refractivity contribution in [1.82, 2.24) is 10.6 Å². The highest BCUT2D eigenvalue weighted by atomic mass is 19.4. The third-order valence-corrected chi connectivity index (χ3v) is 4.28. The zero-order valence-electron chi connectivity index (χ0n) is 16.4. The van der Waals surface area contributed by atoms with Crippen molar-refractivity contribution in [3.63, 3.8) is 0 Å². The molecule has 2 amide bonds. The van der Waals surface area contributed by atoms with Gasteiger partial charge in [0.25, 0.3) is 5.69 Å². The number of hydrogen-bond acceptors (Lipinski definition) is 5. The van der Waals surface area contributed by atoms with Gasteiger partial charge in [0.2, 0.25) is 11.8 Å². The maximum absolute atomic E-state index is 13.5. The molecule has 0 saturated heterocycles. The molecule has 0 saturated carbocycles. The van der Waals surface area contributed by atoms with E-state index in [2.05, 4.69) is 16.0 Å². The van der Waals surface area contributed by atoms with Crippen LogP contribution in [0.25, 0.3) is 0 Å². The minimum Gasteiger partial charge on any atom is -0.379 e. The number of anilines is 1. The number of hydrogen-bond donors (Lipinski definition) is 3. The second-order valence-corrected chi connectivity index (χ2v) is 6.45. The first kappa shape index (κ1) is 24.5. The van der Waals surface area contributed by atoms with Gasteiger partial charge in [0.1, 0.15) is 11.7 Å². The Morgan fingerprint density at radius 1 is 1.09 bits per heavy atom. The van der Waals surface area contributed by atoms with Crippen LogP contribution in [0.3, 0.4) is 0 Å². The molecule has 13 heteroatoms. The number of halogens is 5. The Labute approximate surface area is 177 Å². The first-order chi connectivity index (χ1) is 14.9. The third-order valence-electron chi connectivity index (χ3n) is 4.28. The van der Waals surface area contributed by atoms with E-state index in [0.29, 0.717) is 12.1 Å². The smallest absolute Gasteiger partial charge is 0.379 e. The van der Waals surface area contributed by atoms with Crippen LogP contribution in [0.1, 0.15) is 23.6 Å². The van der Waals surface area contributed by atoms with E-state index in [1.165, 1.54) is 7.05 Å². The van der Waals surface area contributed by atoms with Crippen molar-refractivity contribution in [3.05, 3.63) is 69.3 Å². The van der Waals surface area contributed by atoms with E-state index >= 15 is 0 Å². The molecule has 0 aliphatic rings. The number of likely N-dealkylation sites (N-methyl/N-ethyl adjacent to an activating group) is 1. The van der Waals surface area contributed by atoms with E-state index in [9.17, 15) is 41.7 Å². The molecule has 0 spiro atoms. The summed E-state index contributed by atoms with van der Waals surface area (Å²) in [6.07, 6.45) is -5.10. The Hall–Kier alpha value is -3.77. The highest BCUT2D eigenvalue weighted by Gasteiger charge is 2.33. The lowest BCUT2D eigenvalue weighted by Crippen LogP contribution is -2.39. The number of nitro benzene ring substituents is 1. The van der Waals surface area contributed by atoms with Gasteiger partial charge in [0, 0.05) is 26.1 Å². The SMILES string of the molecule is CNC(=O)C(NC(=O)CCNc1ccc(C(F)(F)F)cc1[N+](=O)[O-])c1ccc(F)c(F)c1. The number of rotatable bonds is 8. The van der Waals surface area contributed by atoms with E-state index in [4.69, 9.17) is 0 Å². The number of alkyl halides is 3. The van der Waals surface area contributed by atoms with Gasteiger partial charge in [-0.05, 0) is 29.8 Å². The Morgan fingerprint density at radius 3 is 2.34 bits per heavy atom. The van der Waals surface area contributed by atoms with Crippen LogP contribution in [-0.2, 0) is 15.8 Å². The molecule has 8 nitrogen and oxygen atoms in total. The second-order valence-electron chi connectivity index (χ2n) is 6.45. The van der Waals surface area contributed by atoms with Crippen molar-refractivity contribution in [1.29, 1.82) is 0 Å². The minimum absolute atomic E-state index is 0.0251. The standard InChI is InChI=1S/C19H17F5N4O4/c1-25-18(30)17(10-2-4-12(20)13(21)8-10)27-16(29)6-7-26-14-5-3-11(19(22,23)24)9-15(14)28(31)32/h2-5,8-9,17,26H,6-7H2,1H3,(H,25,30)(H,27,29). The quantitative estimate of drug-likeness (QED) is 0.318. The Kier molecular flexibility index (Phi) is 7.67. The maximum Gasteiger partial charge on any atom is 0.416 e. The summed E-state index contributed by atoms with van der Waals surface area (Å²) in [7, 11) is 1.27. The largest absolute Gasteiger partial charge is 0.416 e. The summed E-state index contributed by atoms with van der Waals surface area (Å²) in [5.74, 6) is -3.80.